The molecule has 30 heavy (non-hydrogen) atoms. The third kappa shape index (κ3) is 3.43. The molecule has 2 aromatic rings. The Balaban J connectivity index is 1.83. The van der Waals surface area contributed by atoms with E-state index in [-0.39, 0.29) is 30.1 Å². The molecule has 1 heterocycles. The SMILES string of the molecule is CCOC(=O)C1=CC2[C@H](c3ccccc3)[C@@H](c3ccc(Br)cc3)C[C@@]2(C(=O)OC)O1. The maximum absolute atomic E-state index is 13.0. The summed E-state index contributed by atoms with van der Waals surface area (Å²) < 4.78 is 17.3. The first-order valence-corrected chi connectivity index (χ1v) is 10.8. The molecule has 1 aliphatic carbocycles. The predicted molar refractivity (Wildman–Crippen MR) is 115 cm³/mol. The van der Waals surface area contributed by atoms with Crippen molar-refractivity contribution in [2.75, 3.05) is 13.7 Å². The van der Waals surface area contributed by atoms with E-state index in [4.69, 9.17) is 14.2 Å². The second-order valence-electron chi connectivity index (χ2n) is 7.56. The van der Waals surface area contributed by atoms with Crippen LogP contribution in [0.1, 0.15) is 36.3 Å². The lowest BCUT2D eigenvalue weighted by atomic mass is 9.78. The lowest BCUT2D eigenvalue weighted by Crippen LogP contribution is -2.43. The molecule has 4 atom stereocenters. The average molecular weight is 471 g/mol. The summed E-state index contributed by atoms with van der Waals surface area (Å²) in [4.78, 5) is 25.4. The van der Waals surface area contributed by atoms with Crippen molar-refractivity contribution in [2.24, 2.45) is 5.92 Å². The summed E-state index contributed by atoms with van der Waals surface area (Å²) in [6.07, 6.45) is 2.16. The van der Waals surface area contributed by atoms with Crippen LogP contribution >= 0.6 is 15.9 Å². The zero-order chi connectivity index (χ0) is 21.3. The number of benzene rings is 2. The van der Waals surface area contributed by atoms with Gasteiger partial charge in [0.15, 0.2) is 0 Å². The fourth-order valence-corrected chi connectivity index (χ4v) is 5.03. The van der Waals surface area contributed by atoms with Crippen molar-refractivity contribution < 1.29 is 23.8 Å². The first-order chi connectivity index (χ1) is 14.5. The third-order valence-corrected chi connectivity index (χ3v) is 6.52. The summed E-state index contributed by atoms with van der Waals surface area (Å²) in [5.41, 5.74) is 0.945. The van der Waals surface area contributed by atoms with E-state index >= 15 is 0 Å². The van der Waals surface area contributed by atoms with E-state index in [1.165, 1.54) is 7.11 Å². The van der Waals surface area contributed by atoms with Gasteiger partial charge in [-0.15, -0.1) is 0 Å². The van der Waals surface area contributed by atoms with Crippen molar-refractivity contribution in [3.63, 3.8) is 0 Å². The van der Waals surface area contributed by atoms with E-state index in [0.29, 0.717) is 6.42 Å². The normalized spacial score (nSPS) is 27.0. The van der Waals surface area contributed by atoms with Crippen molar-refractivity contribution in [1.82, 2.24) is 0 Å². The van der Waals surface area contributed by atoms with Gasteiger partial charge in [0.2, 0.25) is 11.4 Å². The van der Waals surface area contributed by atoms with Crippen LogP contribution < -0.4 is 0 Å². The van der Waals surface area contributed by atoms with Crippen LogP contribution in [0.3, 0.4) is 0 Å². The van der Waals surface area contributed by atoms with Gasteiger partial charge in [-0.3, -0.25) is 0 Å². The highest BCUT2D eigenvalue weighted by molar-refractivity contribution is 9.10. The number of rotatable bonds is 5. The third-order valence-electron chi connectivity index (χ3n) is 6.00. The van der Waals surface area contributed by atoms with E-state index in [0.717, 1.165) is 15.6 Å². The monoisotopic (exact) mass is 470 g/mol. The molecule has 0 amide bonds. The van der Waals surface area contributed by atoms with Crippen molar-refractivity contribution in [3.05, 3.63) is 82.0 Å². The number of halogens is 1. The van der Waals surface area contributed by atoms with Crippen LogP contribution in [-0.2, 0) is 23.8 Å². The summed E-state index contributed by atoms with van der Waals surface area (Å²) in [7, 11) is 1.35. The Hall–Kier alpha value is -2.60. The second kappa shape index (κ2) is 8.26. The molecular formula is C24H23BrO5. The summed E-state index contributed by atoms with van der Waals surface area (Å²) in [6.45, 7) is 1.97. The van der Waals surface area contributed by atoms with Crippen LogP contribution in [0.2, 0.25) is 0 Å². The minimum atomic E-state index is -1.25. The number of hydrogen-bond donors (Lipinski definition) is 0. The van der Waals surface area contributed by atoms with Crippen LogP contribution in [0.5, 0.6) is 0 Å². The second-order valence-corrected chi connectivity index (χ2v) is 8.47. The molecule has 1 fully saturated rings. The van der Waals surface area contributed by atoms with E-state index in [9.17, 15) is 9.59 Å². The van der Waals surface area contributed by atoms with Gasteiger partial charge in [-0.05, 0) is 42.2 Å². The van der Waals surface area contributed by atoms with Crippen molar-refractivity contribution in [1.29, 1.82) is 0 Å². The van der Waals surface area contributed by atoms with Gasteiger partial charge in [-0.2, -0.15) is 0 Å². The molecule has 2 aromatic carbocycles. The Bertz CT molecular complexity index is 969. The molecule has 1 saturated carbocycles. The molecular weight excluding hydrogens is 448 g/mol. The van der Waals surface area contributed by atoms with Crippen LogP contribution in [0.4, 0.5) is 0 Å². The molecule has 0 bridgehead atoms. The van der Waals surface area contributed by atoms with Gasteiger partial charge >= 0.3 is 11.9 Å². The predicted octanol–water partition coefficient (Wildman–Crippen LogP) is 4.73. The number of carbonyl (C=O) groups excluding carboxylic acids is 2. The van der Waals surface area contributed by atoms with E-state index < -0.39 is 17.5 Å². The molecule has 0 radical (unpaired) electrons. The molecule has 156 valence electrons. The molecule has 0 N–H and O–H groups in total. The largest absolute Gasteiger partial charge is 0.468 e. The number of fused-ring (bicyclic) bond motifs is 1. The smallest absolute Gasteiger partial charge is 0.373 e. The summed E-state index contributed by atoms with van der Waals surface area (Å²) in [5.74, 6) is -1.32. The van der Waals surface area contributed by atoms with Gasteiger partial charge in [0.25, 0.3) is 0 Å². The van der Waals surface area contributed by atoms with Crippen LogP contribution in [0.15, 0.2) is 70.9 Å². The maximum atomic E-state index is 13.0. The quantitative estimate of drug-likeness (QED) is 0.591. The number of hydrogen-bond acceptors (Lipinski definition) is 5. The Labute approximate surface area is 184 Å². The summed E-state index contributed by atoms with van der Waals surface area (Å²) in [6, 6.07) is 18.2. The van der Waals surface area contributed by atoms with Crippen LogP contribution in [-0.4, -0.2) is 31.3 Å². The lowest BCUT2D eigenvalue weighted by molar-refractivity contribution is -0.167. The van der Waals surface area contributed by atoms with Crippen LogP contribution in [0.25, 0.3) is 0 Å². The van der Waals surface area contributed by atoms with Crippen molar-refractivity contribution in [2.45, 2.75) is 30.8 Å². The zero-order valence-corrected chi connectivity index (χ0v) is 18.4. The van der Waals surface area contributed by atoms with Gasteiger partial charge in [0.1, 0.15) is 0 Å². The molecule has 4 rings (SSSR count). The molecule has 0 aromatic heterocycles. The summed E-state index contributed by atoms with van der Waals surface area (Å²) >= 11 is 3.49. The molecule has 0 spiro atoms. The fraction of sp³-hybridized carbons (Fsp3) is 0.333. The standard InChI is InChI=1S/C24H23BrO5/c1-3-29-22(26)20-13-19-21(16-7-5-4-6-8-16)18(15-9-11-17(25)12-10-15)14-24(19,30-20)23(27)28-2/h4-13,18-19,21H,3,14H2,1-2H3/t18-,19?,21-,24-/m1/s1. The maximum Gasteiger partial charge on any atom is 0.373 e. The zero-order valence-electron chi connectivity index (χ0n) is 16.8. The topological polar surface area (TPSA) is 61.8 Å². The fourth-order valence-electron chi connectivity index (χ4n) is 4.77. The molecule has 0 saturated heterocycles. The number of methoxy groups -OCH3 is 1. The Morgan fingerprint density at radius 2 is 1.80 bits per heavy atom. The lowest BCUT2D eigenvalue weighted by Gasteiger charge is -2.27. The Morgan fingerprint density at radius 1 is 1.10 bits per heavy atom. The van der Waals surface area contributed by atoms with Crippen molar-refractivity contribution >= 4 is 27.9 Å². The van der Waals surface area contributed by atoms with Gasteiger partial charge in [-0.25, -0.2) is 9.59 Å². The van der Waals surface area contributed by atoms with Gasteiger partial charge < -0.3 is 14.2 Å². The minimum absolute atomic E-state index is 0.0181. The van der Waals surface area contributed by atoms with Gasteiger partial charge in [0.05, 0.1) is 13.7 Å². The van der Waals surface area contributed by atoms with E-state index in [2.05, 4.69) is 40.2 Å². The highest BCUT2D eigenvalue weighted by atomic mass is 79.9. The average Bonchev–Trinajstić information content (AvgIpc) is 3.29. The Kier molecular flexibility index (Phi) is 5.69. The molecule has 1 unspecified atom stereocenters. The Morgan fingerprint density at radius 3 is 2.43 bits per heavy atom. The highest BCUT2D eigenvalue weighted by Gasteiger charge is 2.64. The molecule has 2 aliphatic rings. The van der Waals surface area contributed by atoms with E-state index in [1.54, 1.807) is 13.0 Å². The van der Waals surface area contributed by atoms with Crippen molar-refractivity contribution in [3.8, 4) is 0 Å². The summed E-state index contributed by atoms with van der Waals surface area (Å²) in [5, 5.41) is 0. The first kappa shape index (κ1) is 20.7. The molecule has 6 heteroatoms. The number of esters is 2. The first-order valence-electron chi connectivity index (χ1n) is 9.97. The van der Waals surface area contributed by atoms with Gasteiger partial charge in [-0.1, -0.05) is 58.4 Å². The molecule has 1 aliphatic heterocycles. The minimum Gasteiger partial charge on any atom is -0.468 e. The molecule has 5 nitrogen and oxygen atoms in total. The highest BCUT2D eigenvalue weighted by Crippen LogP contribution is 2.60. The number of carbonyl (C=O) groups is 2. The van der Waals surface area contributed by atoms with Crippen LogP contribution in [0, 0.1) is 5.92 Å². The van der Waals surface area contributed by atoms with E-state index in [1.807, 2.05) is 30.3 Å². The number of ether oxygens (including phenoxy) is 3. The van der Waals surface area contributed by atoms with Gasteiger partial charge in [0, 0.05) is 22.7 Å².